The zero-order chi connectivity index (χ0) is 30.2. The Bertz CT molecular complexity index is 447. The molecule has 0 heterocycles. The van der Waals surface area contributed by atoms with Gasteiger partial charge < -0.3 is 52.3 Å². The molecular weight excluding hydrogens is 635 g/mol. The first-order chi connectivity index (χ1) is 18.1. The van der Waals surface area contributed by atoms with Gasteiger partial charge in [0.15, 0.2) is 0 Å². The van der Waals surface area contributed by atoms with Crippen molar-refractivity contribution in [2.75, 3.05) is 0 Å². The van der Waals surface area contributed by atoms with Crippen LogP contribution >= 0.6 is 0 Å². The van der Waals surface area contributed by atoms with Gasteiger partial charge in [-0.2, -0.15) is 0 Å². The van der Waals surface area contributed by atoms with Crippen molar-refractivity contribution >= 4 is 75.8 Å². The van der Waals surface area contributed by atoms with Crippen LogP contribution in [0.4, 0.5) is 0 Å². The number of hydrogen-bond donors (Lipinski definition) is 0. The SMILES string of the molecule is CCCCC(CC)CCC(=O)[S-].CCCCC(CC)CCC(=O)[S-].CCCCC(CC)CCC(=O)[S-].[CH3][Sn+3]. The van der Waals surface area contributed by atoms with Gasteiger partial charge in [-0.25, -0.2) is 0 Å². The van der Waals surface area contributed by atoms with Crippen LogP contribution in [0.3, 0.4) is 0 Å². The van der Waals surface area contributed by atoms with Gasteiger partial charge in [-0.1, -0.05) is 119 Å². The summed E-state index contributed by atoms with van der Waals surface area (Å²) in [5, 5.41) is -0.236. The molecule has 0 aliphatic heterocycles. The standard InChI is InChI=1S/3C10H20OS.CH3.Sn/c3*1-3-5-6-9(4-2)7-8-10(11)12;;/h3*9H,3-8H2,1-2H3,(H,11,12);1H3;/q;;;;+3/p-3. The van der Waals surface area contributed by atoms with Crippen LogP contribution in [-0.4, -0.2) is 37.9 Å². The Hall–Kier alpha value is 0.469. The molecule has 0 spiro atoms. The summed E-state index contributed by atoms with van der Waals surface area (Å²) in [5.74, 6) is 2.16. The van der Waals surface area contributed by atoms with Gasteiger partial charge in [-0.05, 0) is 56.3 Å². The third-order valence-electron chi connectivity index (χ3n) is 6.90. The first-order valence-electron chi connectivity index (χ1n) is 15.2. The number of carbonyl (C=O) groups is 3. The predicted molar refractivity (Wildman–Crippen MR) is 176 cm³/mol. The van der Waals surface area contributed by atoms with Gasteiger partial charge in [0.1, 0.15) is 0 Å². The van der Waals surface area contributed by atoms with Crippen molar-refractivity contribution in [2.45, 2.75) is 162 Å². The van der Waals surface area contributed by atoms with Crippen LogP contribution in [0.1, 0.15) is 157 Å². The minimum atomic E-state index is -0.0788. The molecule has 0 fully saturated rings. The van der Waals surface area contributed by atoms with Gasteiger partial charge in [0.2, 0.25) is 0 Å². The average Bonchev–Trinajstić information content (AvgIpc) is 2.90. The van der Waals surface area contributed by atoms with Crippen molar-refractivity contribution in [1.82, 2.24) is 0 Å². The molecule has 0 aliphatic carbocycles. The first-order valence-corrected chi connectivity index (χ1v) is 19.3. The van der Waals surface area contributed by atoms with Crippen molar-refractivity contribution in [3.05, 3.63) is 0 Å². The van der Waals surface area contributed by atoms with Gasteiger partial charge in [0.05, 0.1) is 0 Å². The number of hydrogen-bond acceptors (Lipinski definition) is 6. The van der Waals surface area contributed by atoms with Crippen molar-refractivity contribution in [3.63, 3.8) is 0 Å². The molecule has 0 saturated carbocycles. The fourth-order valence-electron chi connectivity index (χ4n) is 4.10. The van der Waals surface area contributed by atoms with Crippen LogP contribution in [0, 0.1) is 17.8 Å². The van der Waals surface area contributed by atoms with E-state index in [0.717, 1.165) is 37.0 Å². The number of rotatable bonds is 21. The molecule has 38 heavy (non-hydrogen) atoms. The summed E-state index contributed by atoms with van der Waals surface area (Å²) < 4.78 is 0. The Morgan fingerprint density at radius 2 is 0.684 bits per heavy atom. The first kappa shape index (κ1) is 45.5. The van der Waals surface area contributed by atoms with Gasteiger partial charge in [0, 0.05) is 15.3 Å². The van der Waals surface area contributed by atoms with E-state index in [1.165, 1.54) is 77.0 Å². The van der Waals surface area contributed by atoms with Crippen LogP contribution in [0.15, 0.2) is 0 Å². The van der Waals surface area contributed by atoms with E-state index in [1.807, 2.05) is 0 Å². The van der Waals surface area contributed by atoms with E-state index in [1.54, 1.807) is 22.5 Å². The Kier molecular flexibility index (Phi) is 44.8. The monoisotopic (exact) mass is 696 g/mol. The third kappa shape index (κ3) is 41.0. The number of unbranched alkanes of at least 4 members (excludes halogenated alkanes) is 3. The van der Waals surface area contributed by atoms with E-state index in [9.17, 15) is 14.4 Å². The quantitative estimate of drug-likeness (QED) is 0.0882. The zero-order valence-electron chi connectivity index (χ0n) is 25.9. The van der Waals surface area contributed by atoms with Crippen LogP contribution in [0.2, 0.25) is 4.94 Å². The predicted octanol–water partition coefficient (Wildman–Crippen LogP) is 9.37. The molecular formula is C31H60O3S3Sn. The Morgan fingerprint density at radius 1 is 0.474 bits per heavy atom. The molecule has 0 aliphatic rings. The number of carbonyl (C=O) groups excluding carboxylic acids is 3. The van der Waals surface area contributed by atoms with Crippen molar-refractivity contribution in [2.24, 2.45) is 17.8 Å². The van der Waals surface area contributed by atoms with Crippen LogP contribution < -0.4 is 0 Å². The van der Waals surface area contributed by atoms with Crippen LogP contribution in [0.5, 0.6) is 0 Å². The van der Waals surface area contributed by atoms with Gasteiger partial charge in [-0.15, -0.1) is 0 Å². The maximum atomic E-state index is 10.6. The molecule has 0 aromatic rings. The van der Waals surface area contributed by atoms with E-state index in [0.29, 0.717) is 19.3 Å². The molecule has 0 aromatic heterocycles. The summed E-state index contributed by atoms with van der Waals surface area (Å²) in [6.45, 7) is 13.2. The Morgan fingerprint density at radius 3 is 0.816 bits per heavy atom. The van der Waals surface area contributed by atoms with Crippen LogP contribution in [0.25, 0.3) is 0 Å². The van der Waals surface area contributed by atoms with E-state index < -0.39 is 0 Å². The van der Waals surface area contributed by atoms with E-state index in [2.05, 4.69) is 84.4 Å². The molecule has 0 radical (unpaired) electrons. The van der Waals surface area contributed by atoms with Crippen molar-refractivity contribution < 1.29 is 14.4 Å². The summed E-state index contributed by atoms with van der Waals surface area (Å²) in [5.41, 5.74) is 0. The second-order valence-corrected chi connectivity index (χ2v) is 11.3. The summed E-state index contributed by atoms with van der Waals surface area (Å²) in [6, 6.07) is 0. The Balaban J connectivity index is -0.000000220. The topological polar surface area (TPSA) is 51.2 Å². The summed E-state index contributed by atoms with van der Waals surface area (Å²) in [7, 11) is 0. The fraction of sp³-hybridized carbons (Fsp3) is 0.903. The summed E-state index contributed by atoms with van der Waals surface area (Å²) in [4.78, 5) is 33.7. The average molecular weight is 696 g/mol. The summed E-state index contributed by atoms with van der Waals surface area (Å²) >= 11 is 15.1. The van der Waals surface area contributed by atoms with Crippen molar-refractivity contribution in [1.29, 1.82) is 0 Å². The molecule has 0 N–H and O–H groups in total. The molecule has 0 bridgehead atoms. The second kappa shape index (κ2) is 37.5. The third-order valence-corrected chi connectivity index (χ3v) is 7.51. The maximum absolute atomic E-state index is 10.6. The molecule has 3 nitrogen and oxygen atoms in total. The Labute approximate surface area is 268 Å². The molecule has 3 unspecified atom stereocenters. The zero-order valence-corrected chi connectivity index (χ0v) is 31.2. The van der Waals surface area contributed by atoms with Gasteiger partial charge >= 0.3 is 27.5 Å². The van der Waals surface area contributed by atoms with Crippen LogP contribution in [-0.2, 0) is 52.3 Å². The van der Waals surface area contributed by atoms with E-state index >= 15 is 0 Å². The fourth-order valence-corrected chi connectivity index (χ4v) is 4.46. The van der Waals surface area contributed by atoms with E-state index in [4.69, 9.17) is 0 Å². The second-order valence-electron chi connectivity index (χ2n) is 9.98. The molecule has 224 valence electrons. The molecule has 0 aromatic carbocycles. The molecule has 0 amide bonds. The minimum absolute atomic E-state index is 0.0788. The van der Waals surface area contributed by atoms with Gasteiger partial charge in [0.25, 0.3) is 0 Å². The molecule has 7 heteroatoms. The van der Waals surface area contributed by atoms with Crippen molar-refractivity contribution in [3.8, 4) is 0 Å². The normalized spacial score (nSPS) is 12.3. The van der Waals surface area contributed by atoms with Gasteiger partial charge in [-0.3, -0.25) is 0 Å². The van der Waals surface area contributed by atoms with E-state index in [-0.39, 0.29) is 15.3 Å². The summed E-state index contributed by atoms with van der Waals surface area (Å²) in [6.07, 6.45) is 19.7. The molecule has 0 saturated heterocycles. The molecule has 3 atom stereocenters. The molecule has 0 rings (SSSR count).